The highest BCUT2D eigenvalue weighted by Gasteiger charge is 2.14. The van der Waals surface area contributed by atoms with Crippen LogP contribution in [0.4, 0.5) is 5.69 Å². The van der Waals surface area contributed by atoms with Gasteiger partial charge in [-0.25, -0.2) is 0 Å². The third-order valence-corrected chi connectivity index (χ3v) is 5.02. The minimum atomic E-state index is 0.850. The summed E-state index contributed by atoms with van der Waals surface area (Å²) in [6, 6.07) is 8.22. The van der Waals surface area contributed by atoms with E-state index in [-0.39, 0.29) is 0 Å². The van der Waals surface area contributed by atoms with E-state index in [2.05, 4.69) is 39.2 Å². The van der Waals surface area contributed by atoms with E-state index in [1.165, 1.54) is 45.0 Å². The molecule has 0 radical (unpaired) electrons. The van der Waals surface area contributed by atoms with Gasteiger partial charge in [0.05, 0.1) is 12.6 Å². The summed E-state index contributed by atoms with van der Waals surface area (Å²) >= 11 is 0. The highest BCUT2D eigenvalue weighted by molar-refractivity contribution is 5.92. The standard InChI is InChI=1S/C20H30N4O/c1-4-23-10-12-24(13-11-23)9-5-8-21-19-14-16(2)22-20-15-17(25-3)6-7-18(19)20/h6-7,14-15H,4-5,8-13H2,1-3H3,(H,21,22). The normalized spacial score (nSPS) is 16.3. The first-order valence-electron chi connectivity index (χ1n) is 9.33. The third kappa shape index (κ3) is 4.61. The van der Waals surface area contributed by atoms with Crippen LogP contribution < -0.4 is 10.1 Å². The number of likely N-dealkylation sites (N-methyl/N-ethyl adjacent to an activating group) is 1. The molecule has 136 valence electrons. The zero-order valence-corrected chi connectivity index (χ0v) is 15.7. The van der Waals surface area contributed by atoms with Crippen molar-refractivity contribution in [3.05, 3.63) is 30.0 Å². The number of pyridine rings is 1. The van der Waals surface area contributed by atoms with Crippen LogP contribution in [-0.4, -0.2) is 67.7 Å². The molecule has 3 rings (SSSR count). The minimum Gasteiger partial charge on any atom is -0.497 e. The number of aromatic nitrogens is 1. The van der Waals surface area contributed by atoms with E-state index < -0.39 is 0 Å². The van der Waals surface area contributed by atoms with Gasteiger partial charge in [0.15, 0.2) is 0 Å². The Bertz CT molecular complexity index is 695. The molecule has 1 aromatic heterocycles. The van der Waals surface area contributed by atoms with E-state index in [1.807, 2.05) is 19.1 Å². The Labute approximate surface area is 151 Å². The lowest BCUT2D eigenvalue weighted by Crippen LogP contribution is -2.46. The zero-order valence-electron chi connectivity index (χ0n) is 15.7. The first-order chi connectivity index (χ1) is 12.2. The Morgan fingerprint density at radius 2 is 1.88 bits per heavy atom. The molecule has 5 heteroatoms. The Hall–Kier alpha value is -1.85. The van der Waals surface area contributed by atoms with Crippen LogP contribution in [0.5, 0.6) is 5.75 Å². The minimum absolute atomic E-state index is 0.850. The fourth-order valence-corrected chi connectivity index (χ4v) is 3.47. The number of nitrogens with zero attached hydrogens (tertiary/aromatic N) is 3. The van der Waals surface area contributed by atoms with Gasteiger partial charge in [-0.2, -0.15) is 0 Å². The summed E-state index contributed by atoms with van der Waals surface area (Å²) in [5.41, 5.74) is 3.18. The third-order valence-electron chi connectivity index (χ3n) is 5.02. The molecular formula is C20H30N4O. The summed E-state index contributed by atoms with van der Waals surface area (Å²) in [5, 5.41) is 4.76. The van der Waals surface area contributed by atoms with Crippen molar-refractivity contribution < 1.29 is 4.74 Å². The molecule has 1 fully saturated rings. The topological polar surface area (TPSA) is 40.6 Å². The van der Waals surface area contributed by atoms with Crippen LogP contribution in [0.25, 0.3) is 10.9 Å². The summed E-state index contributed by atoms with van der Waals surface area (Å²) in [5.74, 6) is 0.850. The van der Waals surface area contributed by atoms with Crippen LogP contribution in [-0.2, 0) is 0 Å². The first-order valence-corrected chi connectivity index (χ1v) is 9.33. The molecule has 0 spiro atoms. The van der Waals surface area contributed by atoms with E-state index in [9.17, 15) is 0 Å². The lowest BCUT2D eigenvalue weighted by Gasteiger charge is -2.34. The van der Waals surface area contributed by atoms with Gasteiger partial charge in [-0.05, 0) is 44.6 Å². The predicted octanol–water partition coefficient (Wildman–Crippen LogP) is 2.99. The Morgan fingerprint density at radius 3 is 2.60 bits per heavy atom. The van der Waals surface area contributed by atoms with E-state index >= 15 is 0 Å². The van der Waals surface area contributed by atoms with Crippen molar-refractivity contribution in [2.24, 2.45) is 0 Å². The summed E-state index contributed by atoms with van der Waals surface area (Å²) in [4.78, 5) is 9.73. The van der Waals surface area contributed by atoms with Crippen molar-refractivity contribution in [1.82, 2.24) is 14.8 Å². The number of anilines is 1. The second-order valence-electron chi connectivity index (χ2n) is 6.75. The van der Waals surface area contributed by atoms with Crippen molar-refractivity contribution in [3.63, 3.8) is 0 Å². The molecule has 25 heavy (non-hydrogen) atoms. The molecule has 0 saturated carbocycles. The number of ether oxygens (including phenoxy) is 1. The van der Waals surface area contributed by atoms with Crippen LogP contribution in [0, 0.1) is 6.92 Å². The molecule has 1 N–H and O–H groups in total. The van der Waals surface area contributed by atoms with E-state index in [1.54, 1.807) is 7.11 Å². The molecule has 1 aliphatic heterocycles. The second-order valence-corrected chi connectivity index (χ2v) is 6.75. The number of nitrogens with one attached hydrogen (secondary N) is 1. The predicted molar refractivity (Wildman–Crippen MR) is 105 cm³/mol. The quantitative estimate of drug-likeness (QED) is 0.784. The van der Waals surface area contributed by atoms with Crippen molar-refractivity contribution in [1.29, 1.82) is 0 Å². The molecule has 1 saturated heterocycles. The zero-order chi connectivity index (χ0) is 17.6. The monoisotopic (exact) mass is 342 g/mol. The summed E-state index contributed by atoms with van der Waals surface area (Å²) in [6.45, 7) is 12.4. The van der Waals surface area contributed by atoms with Crippen molar-refractivity contribution >= 4 is 16.6 Å². The van der Waals surface area contributed by atoms with Crippen molar-refractivity contribution in [3.8, 4) is 5.75 Å². The van der Waals surface area contributed by atoms with Crippen LogP contribution >= 0.6 is 0 Å². The maximum atomic E-state index is 5.31. The summed E-state index contributed by atoms with van der Waals surface area (Å²) in [6.07, 6.45) is 1.16. The Kier molecular flexibility index (Phi) is 6.10. The van der Waals surface area contributed by atoms with Crippen LogP contribution in [0.1, 0.15) is 19.0 Å². The average molecular weight is 342 g/mol. The number of hydrogen-bond donors (Lipinski definition) is 1. The largest absolute Gasteiger partial charge is 0.497 e. The number of piperazine rings is 1. The van der Waals surface area contributed by atoms with Gasteiger partial charge in [-0.3, -0.25) is 4.98 Å². The van der Waals surface area contributed by atoms with E-state index in [0.29, 0.717) is 0 Å². The van der Waals surface area contributed by atoms with Gasteiger partial charge in [-0.15, -0.1) is 0 Å². The molecule has 0 aliphatic carbocycles. The molecule has 1 aliphatic rings. The van der Waals surface area contributed by atoms with Crippen LogP contribution in [0.3, 0.4) is 0 Å². The number of fused-ring (bicyclic) bond motifs is 1. The van der Waals surface area contributed by atoms with Gasteiger partial charge in [0.25, 0.3) is 0 Å². The lowest BCUT2D eigenvalue weighted by atomic mass is 10.1. The maximum absolute atomic E-state index is 5.31. The highest BCUT2D eigenvalue weighted by Crippen LogP contribution is 2.26. The molecular weight excluding hydrogens is 312 g/mol. The maximum Gasteiger partial charge on any atom is 0.121 e. The molecule has 2 aromatic rings. The number of aryl methyl sites for hydroxylation is 1. The molecule has 0 unspecified atom stereocenters. The summed E-state index contributed by atoms with van der Waals surface area (Å²) in [7, 11) is 1.69. The number of methoxy groups -OCH3 is 1. The number of hydrogen-bond acceptors (Lipinski definition) is 5. The average Bonchev–Trinajstić information content (AvgIpc) is 2.64. The molecule has 1 aromatic carbocycles. The number of rotatable bonds is 7. The Morgan fingerprint density at radius 1 is 1.12 bits per heavy atom. The van der Waals surface area contributed by atoms with Gasteiger partial charge < -0.3 is 19.9 Å². The fraction of sp³-hybridized carbons (Fsp3) is 0.550. The molecule has 0 bridgehead atoms. The van der Waals surface area contributed by atoms with Gasteiger partial charge in [-0.1, -0.05) is 6.92 Å². The van der Waals surface area contributed by atoms with E-state index in [4.69, 9.17) is 4.74 Å². The molecule has 0 atom stereocenters. The fourth-order valence-electron chi connectivity index (χ4n) is 3.47. The second kappa shape index (κ2) is 8.50. The summed E-state index contributed by atoms with van der Waals surface area (Å²) < 4.78 is 5.31. The van der Waals surface area contributed by atoms with Crippen LogP contribution in [0.15, 0.2) is 24.3 Å². The molecule has 5 nitrogen and oxygen atoms in total. The SMILES string of the molecule is CCN1CCN(CCCNc2cc(C)nc3cc(OC)ccc23)CC1. The Balaban J connectivity index is 1.54. The van der Waals surface area contributed by atoms with Gasteiger partial charge >= 0.3 is 0 Å². The lowest BCUT2D eigenvalue weighted by molar-refractivity contribution is 0.137. The smallest absolute Gasteiger partial charge is 0.121 e. The van der Waals surface area contributed by atoms with Crippen molar-refractivity contribution in [2.75, 3.05) is 58.2 Å². The van der Waals surface area contributed by atoms with Gasteiger partial charge in [0.2, 0.25) is 0 Å². The first kappa shape index (κ1) is 18.0. The van der Waals surface area contributed by atoms with Crippen molar-refractivity contribution in [2.45, 2.75) is 20.3 Å². The number of benzene rings is 1. The molecule has 2 heterocycles. The van der Waals surface area contributed by atoms with Crippen LogP contribution in [0.2, 0.25) is 0 Å². The highest BCUT2D eigenvalue weighted by atomic mass is 16.5. The van der Waals surface area contributed by atoms with E-state index in [0.717, 1.165) is 35.3 Å². The van der Waals surface area contributed by atoms with Gasteiger partial charge in [0.1, 0.15) is 5.75 Å². The van der Waals surface area contributed by atoms with Gasteiger partial charge in [0, 0.05) is 55.6 Å². The molecule has 0 amide bonds.